The van der Waals surface area contributed by atoms with Gasteiger partial charge in [-0.3, -0.25) is 0 Å². The molecule has 0 unspecified atom stereocenters. The van der Waals surface area contributed by atoms with Crippen LogP contribution in [0.2, 0.25) is 0 Å². The number of ether oxygens (including phenoxy) is 2. The number of carbonyl (C=O) groups excluding carboxylic acids is 1. The fourth-order valence-corrected chi connectivity index (χ4v) is 3.40. The van der Waals surface area contributed by atoms with E-state index in [0.717, 1.165) is 5.39 Å². The Morgan fingerprint density at radius 3 is 2.38 bits per heavy atom. The summed E-state index contributed by atoms with van der Waals surface area (Å²) in [6, 6.07) is 16.5. The molecule has 0 bridgehead atoms. The molecule has 1 heterocycles. The van der Waals surface area contributed by atoms with Gasteiger partial charge in [-0.05, 0) is 47.9 Å². The number of aromatic nitrogens is 2. The largest absolute Gasteiger partial charge is 1.00 e. The van der Waals surface area contributed by atoms with Crippen molar-refractivity contribution in [2.75, 3.05) is 6.61 Å². The topological polar surface area (TPSA) is 84.4 Å². The molecule has 0 amide bonds. The van der Waals surface area contributed by atoms with E-state index in [1.165, 1.54) is 18.2 Å². The number of carbonyl (C=O) groups is 1. The van der Waals surface area contributed by atoms with Crippen LogP contribution in [0.5, 0.6) is 11.6 Å². The average Bonchev–Trinajstić information content (AvgIpc) is 2.85. The Morgan fingerprint density at radius 2 is 1.65 bits per heavy atom. The average molecular weight is 522 g/mol. The number of aliphatic carboxylic acids is 1. The molecular weight excluding hydrogens is 503 g/mol. The summed E-state index contributed by atoms with van der Waals surface area (Å²) in [5, 5.41) is 11.9. The Hall–Kier alpha value is -3.21. The second-order valence-electron chi connectivity index (χ2n) is 7.84. The van der Waals surface area contributed by atoms with Crippen molar-refractivity contribution in [3.63, 3.8) is 0 Å². The predicted octanol–water partition coefficient (Wildman–Crippen LogP) is 1.95. The van der Waals surface area contributed by atoms with Crippen LogP contribution >= 0.6 is 0 Å². The van der Waals surface area contributed by atoms with Gasteiger partial charge in [0.15, 0.2) is 11.5 Å². The number of fused-ring (bicyclic) bond motifs is 1. The molecule has 0 atom stereocenters. The van der Waals surface area contributed by atoms with E-state index in [9.17, 15) is 27.5 Å². The summed E-state index contributed by atoms with van der Waals surface area (Å²) in [7, 11) is 0. The van der Waals surface area contributed by atoms with Gasteiger partial charge in [0.05, 0.1) is 6.61 Å². The van der Waals surface area contributed by atoms with E-state index in [1.807, 2.05) is 0 Å². The molecule has 186 valence electrons. The van der Waals surface area contributed by atoms with Crippen LogP contribution in [-0.2, 0) is 17.6 Å². The second kappa shape index (κ2) is 12.4. The maximum absolute atomic E-state index is 13.9. The van der Waals surface area contributed by atoms with E-state index in [4.69, 9.17) is 9.47 Å². The SMILES string of the molecule is O=C([O-])CCCOc1ccc2cc(-c3nc(OCc4ccccc4F)cc(C(F)(F)F)n3)ccc2c1.[Na+]. The summed E-state index contributed by atoms with van der Waals surface area (Å²) in [6.07, 6.45) is -4.55. The van der Waals surface area contributed by atoms with Crippen LogP contribution in [0.25, 0.3) is 22.2 Å². The van der Waals surface area contributed by atoms with Gasteiger partial charge in [-0.15, -0.1) is 0 Å². The molecule has 0 fully saturated rings. The molecule has 3 aromatic carbocycles. The molecule has 4 rings (SSSR count). The number of carboxylic acid groups (broad SMARTS) is 1. The van der Waals surface area contributed by atoms with E-state index in [0.29, 0.717) is 29.2 Å². The molecular formula is C26H19F4N2NaO4. The molecule has 4 aromatic rings. The molecule has 0 N–H and O–H groups in total. The molecule has 0 spiro atoms. The van der Waals surface area contributed by atoms with Crippen LogP contribution < -0.4 is 44.1 Å². The van der Waals surface area contributed by atoms with Crippen LogP contribution in [-0.4, -0.2) is 22.5 Å². The summed E-state index contributed by atoms with van der Waals surface area (Å²) >= 11 is 0. The van der Waals surface area contributed by atoms with Crippen LogP contribution in [0, 0.1) is 5.82 Å². The van der Waals surface area contributed by atoms with Crippen molar-refractivity contribution >= 4 is 16.7 Å². The first-order valence-electron chi connectivity index (χ1n) is 10.9. The summed E-state index contributed by atoms with van der Waals surface area (Å²) in [4.78, 5) is 18.3. The van der Waals surface area contributed by atoms with Gasteiger partial charge < -0.3 is 19.4 Å². The zero-order valence-corrected chi connectivity index (χ0v) is 21.7. The van der Waals surface area contributed by atoms with E-state index in [1.54, 1.807) is 42.5 Å². The molecule has 0 aliphatic carbocycles. The number of nitrogens with zero attached hydrogens (tertiary/aromatic N) is 2. The first-order valence-corrected chi connectivity index (χ1v) is 10.9. The molecule has 37 heavy (non-hydrogen) atoms. The minimum atomic E-state index is -4.74. The van der Waals surface area contributed by atoms with Crippen LogP contribution in [0.15, 0.2) is 66.7 Å². The molecule has 0 radical (unpaired) electrons. The second-order valence-corrected chi connectivity index (χ2v) is 7.84. The van der Waals surface area contributed by atoms with Crippen molar-refractivity contribution in [2.45, 2.75) is 25.6 Å². The van der Waals surface area contributed by atoms with E-state index in [-0.39, 0.29) is 66.5 Å². The van der Waals surface area contributed by atoms with Gasteiger partial charge >= 0.3 is 35.7 Å². The maximum atomic E-state index is 13.9. The minimum absolute atomic E-state index is 0. The van der Waals surface area contributed by atoms with Crippen LogP contribution in [0.3, 0.4) is 0 Å². The molecule has 0 saturated carbocycles. The number of halogens is 4. The molecule has 0 saturated heterocycles. The van der Waals surface area contributed by atoms with Gasteiger partial charge in [0.1, 0.15) is 18.2 Å². The van der Waals surface area contributed by atoms with Gasteiger partial charge in [-0.2, -0.15) is 18.2 Å². The Bertz CT molecular complexity index is 1400. The summed E-state index contributed by atoms with van der Waals surface area (Å²) in [6.45, 7) is -0.102. The van der Waals surface area contributed by atoms with Crippen LogP contribution in [0.4, 0.5) is 17.6 Å². The normalized spacial score (nSPS) is 11.1. The van der Waals surface area contributed by atoms with Crippen molar-refractivity contribution in [1.82, 2.24) is 9.97 Å². The number of alkyl halides is 3. The first-order chi connectivity index (χ1) is 17.2. The van der Waals surface area contributed by atoms with Gasteiger partial charge in [-0.25, -0.2) is 9.37 Å². The third-order valence-electron chi connectivity index (χ3n) is 5.19. The fraction of sp³-hybridized carbons (Fsp3) is 0.192. The van der Waals surface area contributed by atoms with Crippen molar-refractivity contribution in [1.29, 1.82) is 0 Å². The zero-order valence-electron chi connectivity index (χ0n) is 19.7. The summed E-state index contributed by atoms with van der Waals surface area (Å²) in [5.74, 6) is -1.71. The van der Waals surface area contributed by atoms with Gasteiger partial charge in [0.2, 0.25) is 5.88 Å². The van der Waals surface area contributed by atoms with E-state index < -0.39 is 23.7 Å². The van der Waals surface area contributed by atoms with Crippen molar-refractivity contribution < 1.29 is 66.5 Å². The first kappa shape index (κ1) is 28.4. The number of carboxylic acids is 1. The molecule has 1 aromatic heterocycles. The van der Waals surface area contributed by atoms with Gasteiger partial charge in [-0.1, -0.05) is 36.4 Å². The van der Waals surface area contributed by atoms with Gasteiger partial charge in [0, 0.05) is 23.2 Å². The Labute approximate surface area is 231 Å². The standard InChI is InChI=1S/C26H20F4N2O4.Na/c27-21-5-2-1-4-19(21)15-36-23-14-22(26(28,29)30)31-25(32-23)18-8-7-17-13-20(10-9-16(17)12-18)35-11-3-6-24(33)34;/h1-2,4-5,7-10,12-14H,3,6,11,15H2,(H,33,34);/q;+1/p-1. The summed E-state index contributed by atoms with van der Waals surface area (Å²) in [5.41, 5.74) is -0.682. The van der Waals surface area contributed by atoms with E-state index in [2.05, 4.69) is 9.97 Å². The quantitative estimate of drug-likeness (QED) is 0.190. The Morgan fingerprint density at radius 1 is 0.919 bits per heavy atom. The fourth-order valence-electron chi connectivity index (χ4n) is 3.40. The Kier molecular flexibility index (Phi) is 9.47. The molecule has 6 nitrogen and oxygen atoms in total. The molecule has 0 aliphatic rings. The number of hydrogen-bond acceptors (Lipinski definition) is 6. The van der Waals surface area contributed by atoms with Gasteiger partial charge in [0.25, 0.3) is 0 Å². The molecule has 0 aliphatic heterocycles. The smallest absolute Gasteiger partial charge is 0.550 e. The minimum Gasteiger partial charge on any atom is -0.550 e. The monoisotopic (exact) mass is 522 g/mol. The number of rotatable bonds is 9. The van der Waals surface area contributed by atoms with Crippen molar-refractivity contribution in [3.05, 3.63) is 83.8 Å². The zero-order chi connectivity index (χ0) is 25.7. The van der Waals surface area contributed by atoms with Crippen LogP contribution in [0.1, 0.15) is 24.1 Å². The third kappa shape index (κ3) is 7.64. The Balaban J connectivity index is 0.00000380. The molecule has 11 heteroatoms. The number of benzene rings is 3. The van der Waals surface area contributed by atoms with E-state index >= 15 is 0 Å². The third-order valence-corrected chi connectivity index (χ3v) is 5.19. The summed E-state index contributed by atoms with van der Waals surface area (Å²) < 4.78 is 65.3. The number of hydrogen-bond donors (Lipinski definition) is 0. The predicted molar refractivity (Wildman–Crippen MR) is 120 cm³/mol. The van der Waals surface area contributed by atoms with Crippen molar-refractivity contribution in [3.8, 4) is 23.0 Å². The van der Waals surface area contributed by atoms with Crippen molar-refractivity contribution in [2.24, 2.45) is 0 Å². The maximum Gasteiger partial charge on any atom is 1.00 e.